The van der Waals surface area contributed by atoms with Gasteiger partial charge in [-0.3, -0.25) is 5.73 Å². The van der Waals surface area contributed by atoms with Crippen LogP contribution in [0.2, 0.25) is 0 Å². The molecule has 1 N–H and O–H groups in total. The molecule has 35 valence electrons. The lowest BCUT2D eigenvalue weighted by atomic mass is 10.4. The van der Waals surface area contributed by atoms with Crippen molar-refractivity contribution < 1.29 is 0 Å². The molecule has 0 aromatic rings. The Morgan fingerprint density at radius 1 is 1.50 bits per heavy atom. The van der Waals surface area contributed by atoms with E-state index in [4.69, 9.17) is 5.73 Å². The van der Waals surface area contributed by atoms with Crippen molar-refractivity contribution in [3.05, 3.63) is 12.2 Å². The molecule has 0 aliphatic heterocycles. The smallest absolute Gasteiger partial charge is 0.0281 e. The van der Waals surface area contributed by atoms with Crippen LogP contribution in [0, 0.1) is 0 Å². The second-order valence-corrected chi connectivity index (χ2v) is 1.08. The Bertz CT molecular complexity index is 33.2. The second-order valence-electron chi connectivity index (χ2n) is 1.08. The predicted molar refractivity (Wildman–Crippen MR) is 27.4 cm³/mol. The van der Waals surface area contributed by atoms with E-state index in [-0.39, 0.29) is 0 Å². The van der Waals surface area contributed by atoms with Crippen LogP contribution in [0.1, 0.15) is 13.3 Å². The highest BCUT2D eigenvalue weighted by Gasteiger charge is 1.60. The van der Waals surface area contributed by atoms with Crippen molar-refractivity contribution in [2.75, 3.05) is 6.54 Å². The Kier molecular flexibility index (Phi) is 4.46. The Hall–Kier alpha value is -0.300. The van der Waals surface area contributed by atoms with Gasteiger partial charge in [-0.05, 0) is 6.42 Å². The normalized spacial score (nSPS) is 10.3. The van der Waals surface area contributed by atoms with Crippen molar-refractivity contribution in [2.45, 2.75) is 13.3 Å². The zero-order chi connectivity index (χ0) is 4.83. The van der Waals surface area contributed by atoms with Crippen molar-refractivity contribution in [3.63, 3.8) is 0 Å². The minimum atomic E-state index is 0.424. The maximum absolute atomic E-state index is 6.62. The molecule has 0 atom stereocenters. The molecule has 1 radical (unpaired) electrons. The summed E-state index contributed by atoms with van der Waals surface area (Å²) < 4.78 is 0. The summed E-state index contributed by atoms with van der Waals surface area (Å²) in [6.07, 6.45) is 4.89. The molecule has 0 saturated heterocycles. The lowest BCUT2D eigenvalue weighted by molar-refractivity contribution is 1.15. The van der Waals surface area contributed by atoms with Gasteiger partial charge in [0, 0.05) is 6.54 Å². The highest BCUT2D eigenvalue weighted by atomic mass is 14.5. The highest BCUT2D eigenvalue weighted by molar-refractivity contribution is 4.79. The summed E-state index contributed by atoms with van der Waals surface area (Å²) in [6, 6.07) is 0. The zero-order valence-electron chi connectivity index (χ0n) is 4.07. The van der Waals surface area contributed by atoms with Gasteiger partial charge in [-0.15, -0.1) is 0 Å². The van der Waals surface area contributed by atoms with E-state index in [1.54, 1.807) is 0 Å². The van der Waals surface area contributed by atoms with Gasteiger partial charge in [-0.25, -0.2) is 0 Å². The monoisotopic (exact) mass is 84.1 g/mol. The maximum Gasteiger partial charge on any atom is 0.0281 e. The van der Waals surface area contributed by atoms with Crippen molar-refractivity contribution in [1.29, 1.82) is 0 Å². The SMILES string of the molecule is CC/C=C/C[NH]. The van der Waals surface area contributed by atoms with E-state index in [0.717, 1.165) is 6.42 Å². The third kappa shape index (κ3) is 3.70. The number of hydrogen-bond donors (Lipinski definition) is 0. The Morgan fingerprint density at radius 3 is 2.33 bits per heavy atom. The molecule has 0 aromatic carbocycles. The fourth-order valence-corrected chi connectivity index (χ4v) is 0.250. The van der Waals surface area contributed by atoms with Gasteiger partial charge in [0.2, 0.25) is 0 Å². The Balaban J connectivity index is 2.73. The van der Waals surface area contributed by atoms with Crippen LogP contribution in [0.15, 0.2) is 12.2 Å². The summed E-state index contributed by atoms with van der Waals surface area (Å²) in [6.45, 7) is 2.49. The largest absolute Gasteiger partial charge is 0.254 e. The molecule has 0 bridgehead atoms. The van der Waals surface area contributed by atoms with E-state index >= 15 is 0 Å². The second kappa shape index (κ2) is 4.70. The fourth-order valence-electron chi connectivity index (χ4n) is 0.250. The molecule has 0 amide bonds. The quantitative estimate of drug-likeness (QED) is 0.449. The molecule has 0 unspecified atom stereocenters. The third-order valence-electron chi connectivity index (χ3n) is 0.520. The molecule has 1 nitrogen and oxygen atoms in total. The van der Waals surface area contributed by atoms with E-state index in [9.17, 15) is 0 Å². The molecule has 0 aliphatic carbocycles. The predicted octanol–water partition coefficient (Wildman–Crippen LogP) is 1.24. The van der Waals surface area contributed by atoms with Crippen LogP contribution < -0.4 is 5.73 Å². The summed E-state index contributed by atoms with van der Waals surface area (Å²) in [4.78, 5) is 0. The highest BCUT2D eigenvalue weighted by Crippen LogP contribution is 1.74. The van der Waals surface area contributed by atoms with Crippen LogP contribution in [0.3, 0.4) is 0 Å². The molecule has 0 rings (SSSR count). The van der Waals surface area contributed by atoms with Gasteiger partial charge < -0.3 is 0 Å². The number of hydrogen-bond acceptors (Lipinski definition) is 0. The van der Waals surface area contributed by atoms with Gasteiger partial charge in [0.25, 0.3) is 0 Å². The molecule has 0 spiro atoms. The van der Waals surface area contributed by atoms with Gasteiger partial charge in [0.05, 0.1) is 0 Å². The van der Waals surface area contributed by atoms with E-state index < -0.39 is 0 Å². The Morgan fingerprint density at radius 2 is 2.17 bits per heavy atom. The first-order valence-corrected chi connectivity index (χ1v) is 2.21. The summed E-state index contributed by atoms with van der Waals surface area (Å²) in [5, 5.41) is 0. The molecule has 1 heteroatoms. The van der Waals surface area contributed by atoms with E-state index in [1.165, 1.54) is 0 Å². The average molecular weight is 84.1 g/mol. The summed E-state index contributed by atoms with van der Waals surface area (Å²) in [5.74, 6) is 0. The third-order valence-corrected chi connectivity index (χ3v) is 0.520. The zero-order valence-corrected chi connectivity index (χ0v) is 4.07. The molecule has 0 aromatic heterocycles. The van der Waals surface area contributed by atoms with Gasteiger partial charge in [-0.2, -0.15) is 0 Å². The molecule has 0 saturated carbocycles. The van der Waals surface area contributed by atoms with Crippen LogP contribution in [0.5, 0.6) is 0 Å². The first-order chi connectivity index (χ1) is 2.91. The van der Waals surface area contributed by atoms with Crippen molar-refractivity contribution >= 4 is 0 Å². The minimum absolute atomic E-state index is 0.424. The number of rotatable bonds is 2. The molecule has 0 aliphatic rings. The first kappa shape index (κ1) is 5.70. The van der Waals surface area contributed by atoms with Crippen LogP contribution in [0.4, 0.5) is 0 Å². The molecular weight excluding hydrogens is 74.1 g/mol. The molecule has 0 heterocycles. The van der Waals surface area contributed by atoms with Gasteiger partial charge >= 0.3 is 0 Å². The van der Waals surface area contributed by atoms with Gasteiger partial charge in [0.15, 0.2) is 0 Å². The number of allylic oxidation sites excluding steroid dienone is 1. The van der Waals surface area contributed by atoms with Crippen LogP contribution in [-0.4, -0.2) is 6.54 Å². The van der Waals surface area contributed by atoms with Crippen molar-refractivity contribution in [3.8, 4) is 0 Å². The molecule has 0 fully saturated rings. The van der Waals surface area contributed by atoms with Crippen LogP contribution >= 0.6 is 0 Å². The van der Waals surface area contributed by atoms with Crippen molar-refractivity contribution in [2.24, 2.45) is 0 Å². The van der Waals surface area contributed by atoms with Crippen LogP contribution in [-0.2, 0) is 0 Å². The molecule has 6 heavy (non-hydrogen) atoms. The standard InChI is InChI=1S/C5H10N/c1-2-3-4-5-6/h3-4,6H,2,5H2,1H3/b4-3+. The van der Waals surface area contributed by atoms with Crippen molar-refractivity contribution in [1.82, 2.24) is 5.73 Å². The molecular formula is C5H10N. The van der Waals surface area contributed by atoms with E-state index in [2.05, 4.69) is 6.92 Å². The van der Waals surface area contributed by atoms with Crippen LogP contribution in [0.25, 0.3) is 0 Å². The summed E-state index contributed by atoms with van der Waals surface area (Å²) in [7, 11) is 0. The lowest BCUT2D eigenvalue weighted by Crippen LogP contribution is -1.72. The van der Waals surface area contributed by atoms with Gasteiger partial charge in [0.1, 0.15) is 0 Å². The lowest BCUT2D eigenvalue weighted by Gasteiger charge is -1.72. The average Bonchev–Trinajstić information content (AvgIpc) is 1.61. The maximum atomic E-state index is 6.62. The summed E-state index contributed by atoms with van der Waals surface area (Å²) >= 11 is 0. The number of nitrogens with one attached hydrogen (secondary N) is 1. The van der Waals surface area contributed by atoms with E-state index in [1.807, 2.05) is 12.2 Å². The first-order valence-electron chi connectivity index (χ1n) is 2.21. The Labute approximate surface area is 38.8 Å². The minimum Gasteiger partial charge on any atom is -0.254 e. The summed E-state index contributed by atoms with van der Waals surface area (Å²) in [5.41, 5.74) is 6.62. The topological polar surface area (TPSA) is 23.8 Å². The van der Waals surface area contributed by atoms with Gasteiger partial charge in [-0.1, -0.05) is 19.1 Å². The fraction of sp³-hybridized carbons (Fsp3) is 0.600. The van der Waals surface area contributed by atoms with E-state index in [0.29, 0.717) is 6.54 Å².